The van der Waals surface area contributed by atoms with Crippen molar-refractivity contribution in [1.29, 1.82) is 0 Å². The van der Waals surface area contributed by atoms with Crippen molar-refractivity contribution in [1.82, 2.24) is 15.0 Å². The minimum Gasteiger partial charge on any atom is -0.356 e. The third kappa shape index (κ3) is 3.89. The first kappa shape index (κ1) is 18.7. The van der Waals surface area contributed by atoms with Crippen LogP contribution in [0.15, 0.2) is 67.0 Å². The van der Waals surface area contributed by atoms with Gasteiger partial charge in [0.1, 0.15) is 12.1 Å². The summed E-state index contributed by atoms with van der Waals surface area (Å²) >= 11 is 1.51. The van der Waals surface area contributed by atoms with Crippen LogP contribution in [0.1, 0.15) is 12.8 Å². The minimum absolute atomic E-state index is 0.0242. The summed E-state index contributed by atoms with van der Waals surface area (Å²) in [5.74, 6) is 0.790. The third-order valence-electron chi connectivity index (χ3n) is 5.36. The molecule has 1 saturated heterocycles. The van der Waals surface area contributed by atoms with E-state index in [9.17, 15) is 4.79 Å². The van der Waals surface area contributed by atoms with Crippen molar-refractivity contribution in [2.75, 3.05) is 23.3 Å². The van der Waals surface area contributed by atoms with E-state index in [1.807, 2.05) is 60.7 Å². The highest BCUT2D eigenvalue weighted by atomic mass is 32.1. The number of hydrogen-bond donors (Lipinski definition) is 1. The van der Waals surface area contributed by atoms with Gasteiger partial charge in [0.2, 0.25) is 5.91 Å². The largest absolute Gasteiger partial charge is 0.356 e. The van der Waals surface area contributed by atoms with Gasteiger partial charge in [-0.25, -0.2) is 15.0 Å². The van der Waals surface area contributed by atoms with Crippen molar-refractivity contribution in [2.45, 2.75) is 12.8 Å². The molecule has 1 fully saturated rings. The average Bonchev–Trinajstić information content (AvgIpc) is 3.22. The number of hydrogen-bond acceptors (Lipinski definition) is 6. The number of benzene rings is 2. The molecule has 1 amide bonds. The van der Waals surface area contributed by atoms with Crippen LogP contribution >= 0.6 is 11.3 Å². The fraction of sp³-hybridized carbons (Fsp3) is 0.217. The van der Waals surface area contributed by atoms with Gasteiger partial charge in [-0.15, -0.1) is 0 Å². The van der Waals surface area contributed by atoms with Crippen molar-refractivity contribution < 1.29 is 4.79 Å². The normalized spacial score (nSPS) is 16.5. The maximum absolute atomic E-state index is 12.9. The molecular weight excluding hydrogens is 394 g/mol. The summed E-state index contributed by atoms with van der Waals surface area (Å²) in [7, 11) is 0. The van der Waals surface area contributed by atoms with Crippen molar-refractivity contribution in [2.24, 2.45) is 5.92 Å². The average molecular weight is 416 g/mol. The standard InChI is InChI=1S/C23H21N5OS/c29-22(27-23-26-18-10-4-5-11-20(18)30-23)17-9-6-12-28(14-17)21-13-19(24-15-25-21)16-7-2-1-3-8-16/h1-5,7-8,10-11,13,15,17H,6,9,12,14H2,(H,26,27,29). The zero-order chi connectivity index (χ0) is 20.3. The van der Waals surface area contributed by atoms with E-state index >= 15 is 0 Å². The van der Waals surface area contributed by atoms with Crippen LogP contribution in [0, 0.1) is 5.92 Å². The molecule has 30 heavy (non-hydrogen) atoms. The fourth-order valence-electron chi connectivity index (χ4n) is 3.82. The Morgan fingerprint density at radius 2 is 1.90 bits per heavy atom. The Morgan fingerprint density at radius 3 is 2.77 bits per heavy atom. The smallest absolute Gasteiger partial charge is 0.231 e. The summed E-state index contributed by atoms with van der Waals surface area (Å²) in [5, 5.41) is 3.68. The first-order valence-corrected chi connectivity index (χ1v) is 10.9. The van der Waals surface area contributed by atoms with Gasteiger partial charge in [0.15, 0.2) is 5.13 Å². The van der Waals surface area contributed by atoms with E-state index in [0.29, 0.717) is 11.7 Å². The number of carbonyl (C=O) groups excluding carboxylic acids is 1. The molecule has 0 bridgehead atoms. The Bertz CT molecular complexity index is 1140. The summed E-state index contributed by atoms with van der Waals surface area (Å²) in [5.41, 5.74) is 2.86. The lowest BCUT2D eigenvalue weighted by atomic mass is 9.97. The van der Waals surface area contributed by atoms with E-state index in [2.05, 4.69) is 25.2 Å². The number of nitrogens with one attached hydrogen (secondary N) is 1. The number of thiazole rings is 1. The van der Waals surface area contributed by atoms with Gasteiger partial charge in [-0.05, 0) is 25.0 Å². The molecule has 0 aliphatic carbocycles. The Labute approximate surface area is 178 Å². The van der Waals surface area contributed by atoms with Gasteiger partial charge < -0.3 is 10.2 Å². The monoisotopic (exact) mass is 415 g/mol. The molecule has 4 aromatic rings. The molecule has 0 radical (unpaired) electrons. The van der Waals surface area contributed by atoms with Crippen LogP contribution in [0.3, 0.4) is 0 Å². The molecule has 150 valence electrons. The van der Waals surface area contributed by atoms with Crippen LogP contribution in [0.2, 0.25) is 0 Å². The lowest BCUT2D eigenvalue weighted by Crippen LogP contribution is -2.41. The van der Waals surface area contributed by atoms with Crippen LogP contribution in [0.25, 0.3) is 21.5 Å². The number of nitrogens with zero attached hydrogens (tertiary/aromatic N) is 4. The van der Waals surface area contributed by atoms with Gasteiger partial charge >= 0.3 is 0 Å². The van der Waals surface area contributed by atoms with E-state index in [1.54, 1.807) is 6.33 Å². The molecule has 2 aromatic heterocycles. The second-order valence-corrected chi connectivity index (χ2v) is 8.42. The van der Waals surface area contributed by atoms with Crippen molar-refractivity contribution in [3.8, 4) is 11.3 Å². The van der Waals surface area contributed by atoms with E-state index in [0.717, 1.165) is 46.7 Å². The number of piperidine rings is 1. The third-order valence-corrected chi connectivity index (χ3v) is 6.31. The molecule has 5 rings (SSSR count). The number of carbonyl (C=O) groups is 1. The van der Waals surface area contributed by atoms with Crippen LogP contribution in [-0.2, 0) is 4.79 Å². The number of aromatic nitrogens is 3. The number of fused-ring (bicyclic) bond motifs is 1. The summed E-state index contributed by atoms with van der Waals surface area (Å²) in [6, 6.07) is 20.0. The van der Waals surface area contributed by atoms with Gasteiger partial charge in [0, 0.05) is 24.7 Å². The van der Waals surface area contributed by atoms with Crippen molar-refractivity contribution in [3.63, 3.8) is 0 Å². The summed E-state index contributed by atoms with van der Waals surface area (Å²) in [4.78, 5) is 28.5. The quantitative estimate of drug-likeness (QED) is 0.527. The van der Waals surface area contributed by atoms with Gasteiger partial charge in [-0.3, -0.25) is 4.79 Å². The van der Waals surface area contributed by atoms with Gasteiger partial charge in [-0.1, -0.05) is 53.8 Å². The Balaban J connectivity index is 1.30. The molecule has 0 spiro atoms. The summed E-state index contributed by atoms with van der Waals surface area (Å²) in [6.07, 6.45) is 3.41. The molecular formula is C23H21N5OS. The highest BCUT2D eigenvalue weighted by Gasteiger charge is 2.27. The minimum atomic E-state index is -0.0964. The summed E-state index contributed by atoms with van der Waals surface area (Å²) < 4.78 is 1.08. The highest BCUT2D eigenvalue weighted by molar-refractivity contribution is 7.22. The van der Waals surface area contributed by atoms with Crippen LogP contribution in [-0.4, -0.2) is 33.9 Å². The zero-order valence-electron chi connectivity index (χ0n) is 16.4. The molecule has 1 unspecified atom stereocenters. The number of amides is 1. The van der Waals surface area contributed by atoms with Crippen LogP contribution in [0.4, 0.5) is 10.9 Å². The molecule has 1 atom stereocenters. The maximum Gasteiger partial charge on any atom is 0.231 e. The van der Waals surface area contributed by atoms with Crippen molar-refractivity contribution >= 4 is 38.4 Å². The Hall–Kier alpha value is -3.32. The molecule has 0 saturated carbocycles. The Morgan fingerprint density at radius 1 is 1.07 bits per heavy atom. The molecule has 1 aliphatic rings. The molecule has 2 aromatic carbocycles. The number of para-hydroxylation sites is 1. The second-order valence-electron chi connectivity index (χ2n) is 7.39. The topological polar surface area (TPSA) is 71.0 Å². The van der Waals surface area contributed by atoms with Crippen molar-refractivity contribution in [3.05, 3.63) is 67.0 Å². The van der Waals surface area contributed by atoms with Crippen LogP contribution in [0.5, 0.6) is 0 Å². The van der Waals surface area contributed by atoms with E-state index < -0.39 is 0 Å². The van der Waals surface area contributed by atoms with Gasteiger partial charge in [0.25, 0.3) is 0 Å². The fourth-order valence-corrected chi connectivity index (χ4v) is 4.69. The SMILES string of the molecule is O=C(Nc1nc2ccccc2s1)C1CCCN(c2cc(-c3ccccc3)ncn2)C1. The molecule has 6 nitrogen and oxygen atoms in total. The first-order chi connectivity index (χ1) is 14.8. The first-order valence-electron chi connectivity index (χ1n) is 10.0. The van der Waals surface area contributed by atoms with Gasteiger partial charge in [0.05, 0.1) is 21.8 Å². The number of anilines is 2. The van der Waals surface area contributed by atoms with Crippen LogP contribution < -0.4 is 10.2 Å². The predicted octanol–water partition coefficient (Wildman–Crippen LogP) is 4.61. The second kappa shape index (κ2) is 8.20. The van der Waals surface area contributed by atoms with Gasteiger partial charge in [-0.2, -0.15) is 0 Å². The van der Waals surface area contributed by atoms with E-state index in [-0.39, 0.29) is 11.8 Å². The molecule has 3 heterocycles. The zero-order valence-corrected chi connectivity index (χ0v) is 17.2. The lowest BCUT2D eigenvalue weighted by Gasteiger charge is -2.32. The molecule has 1 N–H and O–H groups in total. The highest BCUT2D eigenvalue weighted by Crippen LogP contribution is 2.28. The number of rotatable bonds is 4. The maximum atomic E-state index is 12.9. The Kier molecular flexibility index (Phi) is 5.11. The van der Waals surface area contributed by atoms with E-state index in [4.69, 9.17) is 0 Å². The lowest BCUT2D eigenvalue weighted by molar-refractivity contribution is -0.120. The molecule has 7 heteroatoms. The molecule has 1 aliphatic heterocycles. The van der Waals surface area contributed by atoms with E-state index in [1.165, 1.54) is 11.3 Å². The summed E-state index contributed by atoms with van der Waals surface area (Å²) in [6.45, 7) is 1.53. The predicted molar refractivity (Wildman–Crippen MR) is 121 cm³/mol.